The average molecular weight is 467 g/mol. The number of amides is 1. The molecule has 0 aliphatic carbocycles. The Morgan fingerprint density at radius 2 is 1.64 bits per heavy atom. The molecule has 174 valence electrons. The SMILES string of the molecule is N#Cc1ccc(S(=O)(=O)N2CCC(C(=O)NCC(c3ccccc3)N3CCCC3)CC2)cc1. The number of sulfonamides is 1. The largest absolute Gasteiger partial charge is 0.354 e. The lowest BCUT2D eigenvalue weighted by molar-refractivity contribution is -0.126. The standard InChI is InChI=1S/C25H30N4O3S/c26-18-20-8-10-23(11-9-20)33(31,32)29-16-12-22(13-17-29)25(30)27-19-24(28-14-4-5-15-28)21-6-2-1-3-7-21/h1-3,6-11,22,24H,4-5,12-17,19H2,(H,27,30). The quantitative estimate of drug-likeness (QED) is 0.677. The fourth-order valence-corrected chi connectivity index (χ4v) is 6.21. The third-order valence-electron chi connectivity index (χ3n) is 6.68. The van der Waals surface area contributed by atoms with Gasteiger partial charge in [-0.1, -0.05) is 30.3 Å². The summed E-state index contributed by atoms with van der Waals surface area (Å²) in [5.41, 5.74) is 1.63. The summed E-state index contributed by atoms with van der Waals surface area (Å²) in [7, 11) is -3.62. The number of likely N-dealkylation sites (tertiary alicyclic amines) is 1. The second-order valence-electron chi connectivity index (χ2n) is 8.73. The van der Waals surface area contributed by atoms with Gasteiger partial charge in [-0.05, 0) is 68.6 Å². The molecule has 1 unspecified atom stereocenters. The summed E-state index contributed by atoms with van der Waals surface area (Å²) >= 11 is 0. The maximum Gasteiger partial charge on any atom is 0.243 e. The molecule has 0 radical (unpaired) electrons. The molecule has 1 N–H and O–H groups in total. The molecule has 33 heavy (non-hydrogen) atoms. The normalized spacial score (nSPS) is 19.1. The van der Waals surface area contributed by atoms with Gasteiger partial charge in [0.25, 0.3) is 0 Å². The monoisotopic (exact) mass is 466 g/mol. The molecule has 0 bridgehead atoms. The fraction of sp³-hybridized carbons (Fsp3) is 0.440. The van der Waals surface area contributed by atoms with E-state index in [2.05, 4.69) is 22.3 Å². The summed E-state index contributed by atoms with van der Waals surface area (Å²) in [5, 5.41) is 12.1. The van der Waals surface area contributed by atoms with Crippen LogP contribution in [0.15, 0.2) is 59.5 Å². The van der Waals surface area contributed by atoms with Gasteiger partial charge in [-0.2, -0.15) is 9.57 Å². The first kappa shape index (κ1) is 23.4. The van der Waals surface area contributed by atoms with Gasteiger partial charge >= 0.3 is 0 Å². The van der Waals surface area contributed by atoms with Crippen LogP contribution in [0.25, 0.3) is 0 Å². The van der Waals surface area contributed by atoms with Gasteiger partial charge in [-0.25, -0.2) is 8.42 Å². The lowest BCUT2D eigenvalue weighted by Gasteiger charge is -2.32. The molecule has 2 fully saturated rings. The van der Waals surface area contributed by atoms with E-state index in [-0.39, 0.29) is 22.8 Å². The van der Waals surface area contributed by atoms with Crippen LogP contribution < -0.4 is 5.32 Å². The summed E-state index contributed by atoms with van der Waals surface area (Å²) < 4.78 is 27.3. The van der Waals surface area contributed by atoms with Gasteiger partial charge in [0.05, 0.1) is 22.6 Å². The molecule has 1 amide bonds. The molecular weight excluding hydrogens is 436 g/mol. The van der Waals surface area contributed by atoms with E-state index in [0.29, 0.717) is 38.0 Å². The Labute approximate surface area is 196 Å². The highest BCUT2D eigenvalue weighted by Gasteiger charge is 2.32. The number of carbonyl (C=O) groups is 1. The van der Waals surface area contributed by atoms with Gasteiger partial charge in [0.15, 0.2) is 0 Å². The molecule has 1 atom stereocenters. The highest BCUT2D eigenvalue weighted by Crippen LogP contribution is 2.26. The van der Waals surface area contributed by atoms with E-state index in [4.69, 9.17) is 5.26 Å². The molecule has 2 aromatic rings. The molecule has 2 saturated heterocycles. The summed E-state index contributed by atoms with van der Waals surface area (Å²) in [5.74, 6) is -0.182. The van der Waals surface area contributed by atoms with Gasteiger partial charge in [0, 0.05) is 25.6 Å². The summed E-state index contributed by atoms with van der Waals surface area (Å²) in [6, 6.07) is 18.4. The smallest absolute Gasteiger partial charge is 0.243 e. The molecule has 4 rings (SSSR count). The van der Waals surface area contributed by atoms with Crippen molar-refractivity contribution < 1.29 is 13.2 Å². The second kappa shape index (κ2) is 10.5. The lowest BCUT2D eigenvalue weighted by atomic mass is 9.97. The third kappa shape index (κ3) is 5.44. The van der Waals surface area contributed by atoms with Crippen molar-refractivity contribution in [2.75, 3.05) is 32.7 Å². The van der Waals surface area contributed by atoms with Crippen molar-refractivity contribution in [3.05, 3.63) is 65.7 Å². The van der Waals surface area contributed by atoms with E-state index in [1.165, 1.54) is 47.0 Å². The van der Waals surface area contributed by atoms with Crippen LogP contribution in [0.3, 0.4) is 0 Å². The summed E-state index contributed by atoms with van der Waals surface area (Å²) in [6.07, 6.45) is 3.37. The zero-order valence-electron chi connectivity index (χ0n) is 18.7. The number of nitrogens with one attached hydrogen (secondary N) is 1. The number of hydrogen-bond acceptors (Lipinski definition) is 5. The predicted molar refractivity (Wildman–Crippen MR) is 126 cm³/mol. The molecule has 2 aromatic carbocycles. The van der Waals surface area contributed by atoms with Crippen LogP contribution in [0, 0.1) is 17.2 Å². The molecule has 2 aliphatic heterocycles. The molecular formula is C25H30N4O3S. The van der Waals surface area contributed by atoms with Crippen molar-refractivity contribution in [2.45, 2.75) is 36.6 Å². The minimum absolute atomic E-state index is 0.00514. The Balaban J connectivity index is 1.33. The number of hydrogen-bond donors (Lipinski definition) is 1. The number of rotatable bonds is 7. The van der Waals surface area contributed by atoms with Gasteiger partial charge in [0.2, 0.25) is 15.9 Å². The highest BCUT2D eigenvalue weighted by molar-refractivity contribution is 7.89. The Morgan fingerprint density at radius 1 is 1.00 bits per heavy atom. The van der Waals surface area contributed by atoms with Crippen LogP contribution in [0.2, 0.25) is 0 Å². The van der Waals surface area contributed by atoms with Crippen molar-refractivity contribution in [1.29, 1.82) is 5.26 Å². The fourth-order valence-electron chi connectivity index (χ4n) is 4.74. The molecule has 7 nitrogen and oxygen atoms in total. The van der Waals surface area contributed by atoms with E-state index in [1.807, 2.05) is 24.3 Å². The van der Waals surface area contributed by atoms with Crippen molar-refractivity contribution >= 4 is 15.9 Å². The Kier molecular flexibility index (Phi) is 7.43. The van der Waals surface area contributed by atoms with Crippen LogP contribution in [0.5, 0.6) is 0 Å². The minimum atomic E-state index is -3.62. The minimum Gasteiger partial charge on any atom is -0.354 e. The first-order valence-corrected chi connectivity index (χ1v) is 13.0. The zero-order valence-corrected chi connectivity index (χ0v) is 19.5. The van der Waals surface area contributed by atoms with Crippen LogP contribution in [0.4, 0.5) is 0 Å². The Bertz CT molecular complexity index is 1080. The second-order valence-corrected chi connectivity index (χ2v) is 10.7. The number of piperidine rings is 1. The van der Waals surface area contributed by atoms with Gasteiger partial charge in [-0.3, -0.25) is 9.69 Å². The number of nitriles is 1. The average Bonchev–Trinajstić information content (AvgIpc) is 3.39. The first-order valence-electron chi connectivity index (χ1n) is 11.6. The molecule has 0 spiro atoms. The number of benzene rings is 2. The zero-order chi connectivity index (χ0) is 23.3. The lowest BCUT2D eigenvalue weighted by Crippen LogP contribution is -2.44. The molecule has 0 saturated carbocycles. The third-order valence-corrected chi connectivity index (χ3v) is 8.59. The predicted octanol–water partition coefficient (Wildman–Crippen LogP) is 2.91. The van der Waals surface area contributed by atoms with E-state index in [9.17, 15) is 13.2 Å². The van der Waals surface area contributed by atoms with Crippen molar-refractivity contribution in [3.63, 3.8) is 0 Å². The van der Waals surface area contributed by atoms with Crippen molar-refractivity contribution in [1.82, 2.24) is 14.5 Å². The first-order chi connectivity index (χ1) is 16.0. The van der Waals surface area contributed by atoms with Crippen molar-refractivity contribution in [3.8, 4) is 6.07 Å². The van der Waals surface area contributed by atoms with Crippen LogP contribution in [-0.4, -0.2) is 56.3 Å². The van der Waals surface area contributed by atoms with E-state index in [0.717, 1.165) is 13.1 Å². The molecule has 8 heteroatoms. The maximum atomic E-state index is 12.9. The van der Waals surface area contributed by atoms with Gasteiger partial charge in [0.1, 0.15) is 0 Å². The number of carbonyl (C=O) groups excluding carboxylic acids is 1. The maximum absolute atomic E-state index is 12.9. The van der Waals surface area contributed by atoms with E-state index < -0.39 is 10.0 Å². The summed E-state index contributed by atoms with van der Waals surface area (Å²) in [4.78, 5) is 15.5. The van der Waals surface area contributed by atoms with Crippen molar-refractivity contribution in [2.24, 2.45) is 5.92 Å². The number of nitrogens with zero attached hydrogens (tertiary/aromatic N) is 3. The van der Waals surface area contributed by atoms with Crippen LogP contribution in [0.1, 0.15) is 42.9 Å². The Hall–Kier alpha value is -2.73. The van der Waals surface area contributed by atoms with E-state index in [1.54, 1.807) is 0 Å². The van der Waals surface area contributed by atoms with Crippen LogP contribution in [-0.2, 0) is 14.8 Å². The molecule has 2 aliphatic rings. The van der Waals surface area contributed by atoms with Crippen LogP contribution >= 0.6 is 0 Å². The molecule has 2 heterocycles. The van der Waals surface area contributed by atoms with Gasteiger partial charge < -0.3 is 5.32 Å². The Morgan fingerprint density at radius 3 is 2.24 bits per heavy atom. The highest BCUT2D eigenvalue weighted by atomic mass is 32.2. The summed E-state index contributed by atoms with van der Waals surface area (Å²) in [6.45, 7) is 3.28. The topological polar surface area (TPSA) is 93.5 Å². The molecule has 0 aromatic heterocycles. The van der Waals surface area contributed by atoms with Gasteiger partial charge in [-0.15, -0.1) is 0 Å². The van der Waals surface area contributed by atoms with E-state index >= 15 is 0 Å².